The quantitative estimate of drug-likeness (QED) is 0.463. The van der Waals surface area contributed by atoms with Crippen molar-refractivity contribution in [2.75, 3.05) is 26.9 Å². The highest BCUT2D eigenvalue weighted by Gasteiger charge is 2.26. The summed E-state index contributed by atoms with van der Waals surface area (Å²) in [5, 5.41) is 29.8. The predicted molar refractivity (Wildman–Crippen MR) is 68.0 cm³/mol. The van der Waals surface area contributed by atoms with Gasteiger partial charge in [0.15, 0.2) is 0 Å². The summed E-state index contributed by atoms with van der Waals surface area (Å²) in [5.41, 5.74) is -0.0335. The van der Waals surface area contributed by atoms with Crippen molar-refractivity contribution in [1.29, 1.82) is 0 Å². The summed E-state index contributed by atoms with van der Waals surface area (Å²) in [7, 11) is 1.91. The van der Waals surface area contributed by atoms with Gasteiger partial charge in [-0.05, 0) is 45.6 Å². The zero-order valence-corrected chi connectivity index (χ0v) is 10.9. The van der Waals surface area contributed by atoms with Crippen LogP contribution in [0.3, 0.4) is 0 Å². The summed E-state index contributed by atoms with van der Waals surface area (Å²) in [6.45, 7) is 0.588. The number of aliphatic hydroxyl groups is 3. The minimum absolute atomic E-state index is 0. The Morgan fingerprint density at radius 2 is 1.12 bits per heavy atom. The van der Waals surface area contributed by atoms with Gasteiger partial charge in [0.25, 0.3) is 0 Å². The van der Waals surface area contributed by atoms with Crippen LogP contribution in [0.5, 0.6) is 0 Å². The largest absolute Gasteiger partial charge is 0.396 e. The van der Waals surface area contributed by atoms with E-state index in [0.29, 0.717) is 0 Å². The van der Waals surface area contributed by atoms with Crippen LogP contribution in [0, 0.1) is 0 Å². The third kappa shape index (κ3) is 7.41. The van der Waals surface area contributed by atoms with Crippen LogP contribution in [0.25, 0.3) is 0 Å². The Bertz CT molecular complexity index is 125. The van der Waals surface area contributed by atoms with Crippen molar-refractivity contribution in [1.82, 2.24) is 5.32 Å². The normalized spacial score (nSPS) is 11.2. The number of rotatable bonds is 10. The highest BCUT2D eigenvalue weighted by atomic mass is 35.5. The summed E-state index contributed by atoms with van der Waals surface area (Å²) >= 11 is 0. The first-order valence-corrected chi connectivity index (χ1v) is 5.76. The van der Waals surface area contributed by atoms with Crippen LogP contribution in [-0.4, -0.2) is 47.7 Å². The zero-order valence-electron chi connectivity index (χ0n) is 10.1. The Hall–Kier alpha value is 0.130. The average molecular weight is 256 g/mol. The first-order valence-electron chi connectivity index (χ1n) is 5.76. The maximum Gasteiger partial charge on any atom is 0.0431 e. The van der Waals surface area contributed by atoms with Crippen LogP contribution in [-0.2, 0) is 0 Å². The molecule has 0 saturated heterocycles. The molecule has 0 radical (unpaired) electrons. The molecule has 0 bridgehead atoms. The van der Waals surface area contributed by atoms with Gasteiger partial charge in [0.1, 0.15) is 0 Å². The predicted octanol–water partition coefficient (Wildman–Crippen LogP) is 0.684. The van der Waals surface area contributed by atoms with Gasteiger partial charge in [0.2, 0.25) is 0 Å². The van der Waals surface area contributed by atoms with Gasteiger partial charge in [-0.25, -0.2) is 0 Å². The third-order valence-corrected chi connectivity index (χ3v) is 2.97. The van der Waals surface area contributed by atoms with E-state index in [0.717, 1.165) is 38.5 Å². The second kappa shape index (κ2) is 11.6. The molecule has 100 valence electrons. The fourth-order valence-corrected chi connectivity index (χ4v) is 2.00. The summed E-state index contributed by atoms with van der Waals surface area (Å²) in [6.07, 6.45) is 4.95. The molecule has 0 aliphatic carbocycles. The number of nitrogens with one attached hydrogen (secondary N) is 1. The van der Waals surface area contributed by atoms with Gasteiger partial charge >= 0.3 is 0 Å². The van der Waals surface area contributed by atoms with E-state index < -0.39 is 0 Å². The van der Waals surface area contributed by atoms with Crippen LogP contribution in [0.15, 0.2) is 0 Å². The lowest BCUT2D eigenvalue weighted by molar-refractivity contribution is 0.186. The number of halogens is 1. The van der Waals surface area contributed by atoms with Crippen LogP contribution in [0.2, 0.25) is 0 Å². The topological polar surface area (TPSA) is 72.7 Å². The Morgan fingerprint density at radius 3 is 1.31 bits per heavy atom. The third-order valence-electron chi connectivity index (χ3n) is 2.97. The Kier molecular flexibility index (Phi) is 13.4. The lowest BCUT2D eigenvalue weighted by Crippen LogP contribution is -2.43. The number of hydrogen-bond acceptors (Lipinski definition) is 4. The van der Waals surface area contributed by atoms with Crippen molar-refractivity contribution >= 4 is 12.4 Å². The fraction of sp³-hybridized carbons (Fsp3) is 1.00. The van der Waals surface area contributed by atoms with Crippen LogP contribution >= 0.6 is 12.4 Å². The van der Waals surface area contributed by atoms with E-state index in [1.165, 1.54) is 0 Å². The molecular weight excluding hydrogens is 230 g/mol. The SMILES string of the molecule is CNC(CCCO)(CCCO)CCCO.Cl. The van der Waals surface area contributed by atoms with Gasteiger partial charge in [0.05, 0.1) is 0 Å². The monoisotopic (exact) mass is 255 g/mol. The summed E-state index contributed by atoms with van der Waals surface area (Å²) in [6, 6.07) is 0. The molecule has 0 unspecified atom stereocenters. The van der Waals surface area contributed by atoms with Crippen molar-refractivity contribution in [3.63, 3.8) is 0 Å². The molecule has 0 aromatic carbocycles. The van der Waals surface area contributed by atoms with Crippen molar-refractivity contribution in [2.45, 2.75) is 44.1 Å². The lowest BCUT2D eigenvalue weighted by Gasteiger charge is -2.33. The van der Waals surface area contributed by atoms with E-state index in [1.54, 1.807) is 0 Å². The number of aliphatic hydroxyl groups excluding tert-OH is 3. The van der Waals surface area contributed by atoms with Crippen LogP contribution in [0.4, 0.5) is 0 Å². The van der Waals surface area contributed by atoms with Crippen molar-refractivity contribution < 1.29 is 15.3 Å². The lowest BCUT2D eigenvalue weighted by atomic mass is 9.84. The molecule has 0 rings (SSSR count). The average Bonchev–Trinajstić information content (AvgIpc) is 2.29. The highest BCUT2D eigenvalue weighted by molar-refractivity contribution is 5.85. The highest BCUT2D eigenvalue weighted by Crippen LogP contribution is 2.24. The van der Waals surface area contributed by atoms with Crippen LogP contribution in [0.1, 0.15) is 38.5 Å². The first-order chi connectivity index (χ1) is 7.24. The van der Waals surface area contributed by atoms with Crippen molar-refractivity contribution in [3.05, 3.63) is 0 Å². The van der Waals surface area contributed by atoms with E-state index in [9.17, 15) is 0 Å². The Balaban J connectivity index is 0. The maximum atomic E-state index is 8.85. The molecular formula is C11H26ClNO3. The zero-order chi connectivity index (χ0) is 11.6. The second-order valence-electron chi connectivity index (χ2n) is 4.01. The van der Waals surface area contributed by atoms with Gasteiger partial charge in [-0.2, -0.15) is 0 Å². The number of hydrogen-bond donors (Lipinski definition) is 4. The molecule has 0 atom stereocenters. The van der Waals surface area contributed by atoms with Crippen LogP contribution < -0.4 is 5.32 Å². The summed E-state index contributed by atoms with van der Waals surface area (Å²) in [4.78, 5) is 0. The molecule has 0 heterocycles. The Morgan fingerprint density at radius 1 is 0.812 bits per heavy atom. The standard InChI is InChI=1S/C11H25NO3.ClH/c1-12-11(5-2-8-13,6-3-9-14)7-4-10-15;/h12-15H,2-10H2,1H3;1H. The molecule has 0 spiro atoms. The van der Waals surface area contributed by atoms with Crippen molar-refractivity contribution in [2.24, 2.45) is 0 Å². The van der Waals surface area contributed by atoms with Gasteiger partial charge in [0, 0.05) is 25.4 Å². The summed E-state index contributed by atoms with van der Waals surface area (Å²) in [5.74, 6) is 0. The second-order valence-corrected chi connectivity index (χ2v) is 4.01. The van der Waals surface area contributed by atoms with Gasteiger partial charge in [-0.1, -0.05) is 0 Å². The van der Waals surface area contributed by atoms with E-state index in [4.69, 9.17) is 15.3 Å². The maximum absolute atomic E-state index is 8.85. The van der Waals surface area contributed by atoms with Gasteiger partial charge in [-0.3, -0.25) is 0 Å². The molecule has 0 amide bonds. The molecule has 0 fully saturated rings. The molecule has 4 N–H and O–H groups in total. The minimum Gasteiger partial charge on any atom is -0.396 e. The first kappa shape index (κ1) is 18.5. The molecule has 0 saturated carbocycles. The van der Waals surface area contributed by atoms with Gasteiger partial charge < -0.3 is 20.6 Å². The Labute approximate surface area is 104 Å². The smallest absolute Gasteiger partial charge is 0.0431 e. The van der Waals surface area contributed by atoms with E-state index in [2.05, 4.69) is 5.32 Å². The molecule has 0 aliphatic rings. The molecule has 5 heteroatoms. The van der Waals surface area contributed by atoms with E-state index >= 15 is 0 Å². The van der Waals surface area contributed by atoms with Gasteiger partial charge in [-0.15, -0.1) is 12.4 Å². The fourth-order valence-electron chi connectivity index (χ4n) is 2.00. The van der Waals surface area contributed by atoms with E-state index in [1.807, 2.05) is 7.05 Å². The molecule has 0 aromatic rings. The molecule has 0 aliphatic heterocycles. The molecule has 4 nitrogen and oxygen atoms in total. The summed E-state index contributed by atoms with van der Waals surface area (Å²) < 4.78 is 0. The minimum atomic E-state index is -0.0335. The molecule has 0 aromatic heterocycles. The van der Waals surface area contributed by atoms with Crippen molar-refractivity contribution in [3.8, 4) is 0 Å². The van der Waals surface area contributed by atoms with E-state index in [-0.39, 0.29) is 37.8 Å². The molecule has 16 heavy (non-hydrogen) atoms.